The summed E-state index contributed by atoms with van der Waals surface area (Å²) in [6.07, 6.45) is 10.9. The molecule has 1 aliphatic heterocycles. The summed E-state index contributed by atoms with van der Waals surface area (Å²) >= 11 is 0. The largest absolute Gasteiger partial charge is 0.399 e. The van der Waals surface area contributed by atoms with Crippen LogP contribution in [-0.4, -0.2) is 18.0 Å². The summed E-state index contributed by atoms with van der Waals surface area (Å²) < 4.78 is 0. The summed E-state index contributed by atoms with van der Waals surface area (Å²) in [5, 5.41) is 0. The number of nitrogens with two attached hydrogens (primary N) is 1. The Morgan fingerprint density at radius 2 is 1.55 bits per heavy atom. The molecule has 2 fully saturated rings. The second-order valence-electron chi connectivity index (χ2n) is 6.27. The van der Waals surface area contributed by atoms with Gasteiger partial charge in [-0.2, -0.15) is 0 Å². The number of hydrogen-bond acceptors (Lipinski definition) is 2. The smallest absolute Gasteiger partial charge is 0.0461 e. The normalized spacial score (nSPS) is 23.0. The van der Waals surface area contributed by atoms with Gasteiger partial charge in [0.1, 0.15) is 0 Å². The predicted molar refractivity (Wildman–Crippen MR) is 88.3 cm³/mol. The fourth-order valence-electron chi connectivity index (χ4n) is 4.07. The summed E-state index contributed by atoms with van der Waals surface area (Å²) in [6.45, 7) is 2.55. The van der Waals surface area contributed by atoms with Crippen molar-refractivity contribution in [3.63, 3.8) is 0 Å². The molecule has 0 bridgehead atoms. The van der Waals surface area contributed by atoms with Gasteiger partial charge in [-0.25, -0.2) is 0 Å². The lowest BCUT2D eigenvalue weighted by molar-refractivity contribution is 0.0304. The maximum absolute atomic E-state index is 6.04. The van der Waals surface area contributed by atoms with Crippen LogP contribution in [0, 0.1) is 0 Å². The van der Waals surface area contributed by atoms with E-state index in [1.807, 2.05) is 6.07 Å². The van der Waals surface area contributed by atoms with E-state index in [0.29, 0.717) is 0 Å². The lowest BCUT2D eigenvalue weighted by Gasteiger charge is -2.48. The molecule has 0 amide bonds. The standard InChI is InChI=1S/C17H26N2.ClH/c18-16-9-7-8-15(14-16)17(10-3-1-4-11-17)19-12-5-2-6-13-19;/h7-9,14H,1-6,10-13,18H2;1H. The maximum Gasteiger partial charge on any atom is 0.0461 e. The Bertz CT molecular complexity index is 421. The van der Waals surface area contributed by atoms with Gasteiger partial charge in [-0.05, 0) is 56.5 Å². The highest BCUT2D eigenvalue weighted by Gasteiger charge is 2.39. The molecule has 2 N–H and O–H groups in total. The minimum atomic E-state index is 0. The third-order valence-corrected chi connectivity index (χ3v) is 5.07. The van der Waals surface area contributed by atoms with Crippen LogP contribution in [0.15, 0.2) is 24.3 Å². The fourth-order valence-corrected chi connectivity index (χ4v) is 4.07. The topological polar surface area (TPSA) is 29.3 Å². The van der Waals surface area contributed by atoms with Crippen LogP contribution in [0.3, 0.4) is 0 Å². The van der Waals surface area contributed by atoms with E-state index in [-0.39, 0.29) is 17.9 Å². The molecule has 1 saturated carbocycles. The van der Waals surface area contributed by atoms with Gasteiger partial charge in [0.25, 0.3) is 0 Å². The molecule has 20 heavy (non-hydrogen) atoms. The molecule has 1 saturated heterocycles. The SMILES string of the molecule is Cl.Nc1cccc(C2(N3CCCCC3)CCCCC2)c1. The molecule has 0 atom stereocenters. The molecule has 112 valence electrons. The summed E-state index contributed by atoms with van der Waals surface area (Å²) in [4.78, 5) is 2.77. The van der Waals surface area contributed by atoms with E-state index in [1.165, 1.54) is 70.0 Å². The number of anilines is 1. The molecule has 0 spiro atoms. The van der Waals surface area contributed by atoms with Crippen LogP contribution in [0.1, 0.15) is 56.9 Å². The molecule has 2 nitrogen and oxygen atoms in total. The third kappa shape index (κ3) is 2.96. The molecule has 1 heterocycles. The van der Waals surface area contributed by atoms with Crippen LogP contribution in [0.5, 0.6) is 0 Å². The number of piperidine rings is 1. The van der Waals surface area contributed by atoms with Crippen molar-refractivity contribution in [1.82, 2.24) is 4.90 Å². The van der Waals surface area contributed by atoms with Gasteiger partial charge in [-0.1, -0.05) is 37.8 Å². The van der Waals surface area contributed by atoms with Gasteiger partial charge in [0.15, 0.2) is 0 Å². The van der Waals surface area contributed by atoms with Crippen LogP contribution >= 0.6 is 12.4 Å². The lowest BCUT2D eigenvalue weighted by Crippen LogP contribution is -2.49. The van der Waals surface area contributed by atoms with Crippen molar-refractivity contribution in [2.45, 2.75) is 56.9 Å². The van der Waals surface area contributed by atoms with Gasteiger partial charge in [0.2, 0.25) is 0 Å². The van der Waals surface area contributed by atoms with Crippen LogP contribution in [0.2, 0.25) is 0 Å². The van der Waals surface area contributed by atoms with Crippen molar-refractivity contribution >= 4 is 18.1 Å². The highest BCUT2D eigenvalue weighted by Crippen LogP contribution is 2.43. The van der Waals surface area contributed by atoms with Crippen molar-refractivity contribution in [2.75, 3.05) is 18.8 Å². The maximum atomic E-state index is 6.04. The Balaban J connectivity index is 0.00000147. The molecule has 0 aromatic heterocycles. The first kappa shape index (κ1) is 15.7. The fraction of sp³-hybridized carbons (Fsp3) is 0.647. The molecule has 2 aliphatic rings. The minimum Gasteiger partial charge on any atom is -0.399 e. The zero-order valence-corrected chi connectivity index (χ0v) is 13.1. The second-order valence-corrected chi connectivity index (χ2v) is 6.27. The Hall–Kier alpha value is -0.730. The minimum absolute atomic E-state index is 0. The predicted octanol–water partition coefficient (Wildman–Crippen LogP) is 4.34. The van der Waals surface area contributed by atoms with E-state index in [4.69, 9.17) is 5.73 Å². The molecule has 1 aromatic rings. The first-order valence-corrected chi connectivity index (χ1v) is 7.92. The van der Waals surface area contributed by atoms with Crippen LogP contribution in [-0.2, 0) is 5.54 Å². The monoisotopic (exact) mass is 294 g/mol. The molecule has 0 radical (unpaired) electrons. The van der Waals surface area contributed by atoms with Gasteiger partial charge in [0, 0.05) is 11.2 Å². The van der Waals surface area contributed by atoms with E-state index in [1.54, 1.807) is 0 Å². The molecule has 3 rings (SSSR count). The number of benzene rings is 1. The van der Waals surface area contributed by atoms with Gasteiger partial charge >= 0.3 is 0 Å². The summed E-state index contributed by atoms with van der Waals surface area (Å²) in [7, 11) is 0. The van der Waals surface area contributed by atoms with E-state index < -0.39 is 0 Å². The molecule has 1 aromatic carbocycles. The number of nitrogens with zero attached hydrogens (tertiary/aromatic N) is 1. The highest BCUT2D eigenvalue weighted by molar-refractivity contribution is 5.85. The van der Waals surface area contributed by atoms with Crippen molar-refractivity contribution in [3.8, 4) is 0 Å². The molecule has 0 unspecified atom stereocenters. The van der Waals surface area contributed by atoms with Gasteiger partial charge in [-0.3, -0.25) is 4.90 Å². The van der Waals surface area contributed by atoms with E-state index in [0.717, 1.165) is 5.69 Å². The molecular formula is C17H27ClN2. The van der Waals surface area contributed by atoms with E-state index in [9.17, 15) is 0 Å². The number of hydrogen-bond donors (Lipinski definition) is 1. The van der Waals surface area contributed by atoms with Crippen LogP contribution in [0.4, 0.5) is 5.69 Å². The molecule has 3 heteroatoms. The average Bonchev–Trinajstić information content (AvgIpc) is 2.49. The Morgan fingerprint density at radius 3 is 2.20 bits per heavy atom. The number of rotatable bonds is 2. The number of halogens is 1. The van der Waals surface area contributed by atoms with Gasteiger partial charge in [-0.15, -0.1) is 12.4 Å². The summed E-state index contributed by atoms with van der Waals surface area (Å²) in [6, 6.07) is 8.66. The van der Waals surface area contributed by atoms with Crippen LogP contribution < -0.4 is 5.73 Å². The van der Waals surface area contributed by atoms with Crippen molar-refractivity contribution in [3.05, 3.63) is 29.8 Å². The zero-order valence-electron chi connectivity index (χ0n) is 12.3. The highest BCUT2D eigenvalue weighted by atomic mass is 35.5. The van der Waals surface area contributed by atoms with E-state index in [2.05, 4.69) is 23.1 Å². The second kappa shape index (κ2) is 6.82. The molecular weight excluding hydrogens is 268 g/mol. The zero-order chi connectivity index (χ0) is 13.1. The van der Waals surface area contributed by atoms with Gasteiger partial charge in [0.05, 0.1) is 0 Å². The molecule has 1 aliphatic carbocycles. The summed E-state index contributed by atoms with van der Waals surface area (Å²) in [5.41, 5.74) is 8.70. The van der Waals surface area contributed by atoms with E-state index >= 15 is 0 Å². The quantitative estimate of drug-likeness (QED) is 0.822. The third-order valence-electron chi connectivity index (χ3n) is 5.07. The number of nitrogen functional groups attached to an aromatic ring is 1. The van der Waals surface area contributed by atoms with Gasteiger partial charge < -0.3 is 5.73 Å². The van der Waals surface area contributed by atoms with Crippen molar-refractivity contribution < 1.29 is 0 Å². The number of likely N-dealkylation sites (tertiary alicyclic amines) is 1. The summed E-state index contributed by atoms with van der Waals surface area (Å²) in [5.74, 6) is 0. The van der Waals surface area contributed by atoms with Crippen molar-refractivity contribution in [1.29, 1.82) is 0 Å². The first-order chi connectivity index (χ1) is 9.31. The Morgan fingerprint density at radius 1 is 0.900 bits per heavy atom. The lowest BCUT2D eigenvalue weighted by atomic mass is 9.74. The Labute approximate surface area is 129 Å². The first-order valence-electron chi connectivity index (χ1n) is 7.92. The average molecular weight is 295 g/mol. The van der Waals surface area contributed by atoms with Crippen LogP contribution in [0.25, 0.3) is 0 Å². The van der Waals surface area contributed by atoms with Crippen molar-refractivity contribution in [2.24, 2.45) is 0 Å². The Kier molecular flexibility index (Phi) is 5.34.